The minimum atomic E-state index is -0.903. The number of aliphatic carboxylic acids is 1. The number of fused-ring (bicyclic) bond motifs is 1. The highest BCUT2D eigenvalue weighted by Gasteiger charge is 2.47. The van der Waals surface area contributed by atoms with Crippen LogP contribution in [0.15, 0.2) is 24.3 Å². The molecule has 2 aliphatic rings. The van der Waals surface area contributed by atoms with Gasteiger partial charge in [-0.05, 0) is 43.4 Å². The maximum Gasteiger partial charge on any atom is 0.326 e. The molecule has 0 spiro atoms. The van der Waals surface area contributed by atoms with E-state index >= 15 is 0 Å². The monoisotopic (exact) mass is 307 g/mol. The first-order chi connectivity index (χ1) is 10.1. The second-order valence-corrected chi connectivity index (χ2v) is 6.36. The lowest BCUT2D eigenvalue weighted by Crippen LogP contribution is -2.46. The Labute approximate surface area is 128 Å². The van der Waals surface area contributed by atoms with E-state index in [0.29, 0.717) is 22.9 Å². The van der Waals surface area contributed by atoms with Crippen LogP contribution in [-0.2, 0) is 4.79 Å². The van der Waals surface area contributed by atoms with Crippen LogP contribution < -0.4 is 0 Å². The third kappa shape index (κ3) is 2.64. The van der Waals surface area contributed by atoms with E-state index in [1.807, 2.05) is 0 Å². The van der Waals surface area contributed by atoms with Gasteiger partial charge in [0.1, 0.15) is 6.04 Å². The van der Waals surface area contributed by atoms with Gasteiger partial charge in [-0.25, -0.2) is 4.79 Å². The van der Waals surface area contributed by atoms with Gasteiger partial charge in [0.2, 0.25) is 0 Å². The summed E-state index contributed by atoms with van der Waals surface area (Å²) < 4.78 is 0. The second-order valence-electron chi connectivity index (χ2n) is 5.92. The Bertz CT molecular complexity index is 574. The highest BCUT2D eigenvalue weighted by atomic mass is 35.5. The Hall–Kier alpha value is -1.55. The summed E-state index contributed by atoms with van der Waals surface area (Å²) in [5.41, 5.74) is 0.472. The fourth-order valence-corrected chi connectivity index (χ4v) is 3.93. The fraction of sp³-hybridized carbons (Fsp3) is 0.500. The van der Waals surface area contributed by atoms with E-state index in [1.54, 1.807) is 29.2 Å². The average molecular weight is 308 g/mol. The van der Waals surface area contributed by atoms with E-state index in [2.05, 4.69) is 0 Å². The summed E-state index contributed by atoms with van der Waals surface area (Å²) in [5, 5.41) is 9.95. The quantitative estimate of drug-likeness (QED) is 0.913. The van der Waals surface area contributed by atoms with Crippen molar-refractivity contribution in [1.29, 1.82) is 0 Å². The van der Waals surface area contributed by atoms with E-state index < -0.39 is 12.0 Å². The van der Waals surface area contributed by atoms with Crippen LogP contribution in [0.3, 0.4) is 0 Å². The van der Waals surface area contributed by atoms with Crippen molar-refractivity contribution in [3.8, 4) is 0 Å². The number of nitrogens with zero attached hydrogens (tertiary/aromatic N) is 1. The van der Waals surface area contributed by atoms with E-state index in [0.717, 1.165) is 25.7 Å². The molecule has 1 aliphatic heterocycles. The zero-order valence-electron chi connectivity index (χ0n) is 11.7. The largest absolute Gasteiger partial charge is 0.480 e. The second kappa shape index (κ2) is 5.68. The van der Waals surface area contributed by atoms with Crippen molar-refractivity contribution in [2.45, 2.75) is 44.2 Å². The van der Waals surface area contributed by atoms with Gasteiger partial charge in [0.15, 0.2) is 0 Å². The SMILES string of the molecule is O=C(O)C1CC2CCCCC2N1C(=O)c1cccc(Cl)c1. The first-order valence-electron chi connectivity index (χ1n) is 7.39. The van der Waals surface area contributed by atoms with Crippen molar-refractivity contribution in [2.75, 3.05) is 0 Å². The van der Waals surface area contributed by atoms with Crippen LogP contribution in [0.4, 0.5) is 0 Å². The number of benzene rings is 1. The normalized spacial score (nSPS) is 28.2. The highest BCUT2D eigenvalue weighted by Crippen LogP contribution is 2.40. The van der Waals surface area contributed by atoms with Crippen molar-refractivity contribution in [3.63, 3.8) is 0 Å². The van der Waals surface area contributed by atoms with Crippen molar-refractivity contribution < 1.29 is 14.7 Å². The predicted octanol–water partition coefficient (Wildman–Crippen LogP) is 3.20. The molecule has 1 saturated carbocycles. The number of likely N-dealkylation sites (tertiary alicyclic amines) is 1. The Kier molecular flexibility index (Phi) is 3.89. The molecule has 112 valence electrons. The van der Waals surface area contributed by atoms with Crippen LogP contribution in [0.5, 0.6) is 0 Å². The number of carboxylic acid groups (broad SMARTS) is 1. The lowest BCUT2D eigenvalue weighted by atomic mass is 9.84. The third-order valence-electron chi connectivity index (χ3n) is 4.68. The molecule has 1 aromatic carbocycles. The predicted molar refractivity (Wildman–Crippen MR) is 79.4 cm³/mol. The summed E-state index contributed by atoms with van der Waals surface area (Å²) in [7, 11) is 0. The lowest BCUT2D eigenvalue weighted by Gasteiger charge is -2.33. The number of hydrogen-bond acceptors (Lipinski definition) is 2. The molecular formula is C16H18ClNO3. The summed E-state index contributed by atoms with van der Waals surface area (Å²) >= 11 is 5.94. The summed E-state index contributed by atoms with van der Waals surface area (Å²) in [6.07, 6.45) is 4.69. The summed E-state index contributed by atoms with van der Waals surface area (Å²) in [6, 6.07) is 6.10. The number of amides is 1. The van der Waals surface area contributed by atoms with Gasteiger partial charge < -0.3 is 10.0 Å². The van der Waals surface area contributed by atoms with E-state index in [-0.39, 0.29) is 11.9 Å². The molecule has 1 amide bonds. The molecule has 2 fully saturated rings. The van der Waals surface area contributed by atoms with Crippen LogP contribution in [0.1, 0.15) is 42.5 Å². The molecule has 3 atom stereocenters. The number of halogens is 1. The van der Waals surface area contributed by atoms with Gasteiger partial charge in [0, 0.05) is 16.6 Å². The highest BCUT2D eigenvalue weighted by molar-refractivity contribution is 6.31. The smallest absolute Gasteiger partial charge is 0.326 e. The van der Waals surface area contributed by atoms with Crippen LogP contribution in [-0.4, -0.2) is 34.0 Å². The molecule has 1 saturated heterocycles. The Morgan fingerprint density at radius 2 is 2.00 bits per heavy atom. The van der Waals surface area contributed by atoms with Gasteiger partial charge in [0.05, 0.1) is 0 Å². The first-order valence-corrected chi connectivity index (χ1v) is 7.77. The Balaban J connectivity index is 1.92. The minimum Gasteiger partial charge on any atom is -0.480 e. The molecule has 0 aromatic heterocycles. The van der Waals surface area contributed by atoms with Crippen LogP contribution >= 0.6 is 11.6 Å². The first kappa shape index (κ1) is 14.4. The summed E-state index contributed by atoms with van der Waals surface area (Å²) in [6.45, 7) is 0. The fourth-order valence-electron chi connectivity index (χ4n) is 3.74. The van der Waals surface area contributed by atoms with E-state index in [1.165, 1.54) is 0 Å². The molecule has 1 aliphatic carbocycles. The van der Waals surface area contributed by atoms with Crippen molar-refractivity contribution in [3.05, 3.63) is 34.9 Å². The number of rotatable bonds is 2. The van der Waals surface area contributed by atoms with Crippen molar-refractivity contribution in [1.82, 2.24) is 4.90 Å². The minimum absolute atomic E-state index is 0.0614. The summed E-state index contributed by atoms with van der Waals surface area (Å²) in [4.78, 5) is 25.9. The van der Waals surface area contributed by atoms with Crippen LogP contribution in [0.25, 0.3) is 0 Å². The maximum absolute atomic E-state index is 12.8. The van der Waals surface area contributed by atoms with Gasteiger partial charge >= 0.3 is 5.97 Å². The molecule has 0 radical (unpaired) electrons. The van der Waals surface area contributed by atoms with Crippen LogP contribution in [0.2, 0.25) is 5.02 Å². The number of carbonyl (C=O) groups excluding carboxylic acids is 1. The van der Waals surface area contributed by atoms with Gasteiger partial charge in [-0.15, -0.1) is 0 Å². The molecule has 1 aromatic rings. The van der Waals surface area contributed by atoms with Gasteiger partial charge in [-0.3, -0.25) is 4.79 Å². The van der Waals surface area contributed by atoms with Gasteiger partial charge in [-0.2, -0.15) is 0 Å². The molecule has 5 heteroatoms. The van der Waals surface area contributed by atoms with Gasteiger partial charge in [0.25, 0.3) is 5.91 Å². The third-order valence-corrected chi connectivity index (χ3v) is 4.91. The number of carbonyl (C=O) groups is 2. The zero-order chi connectivity index (χ0) is 15.0. The van der Waals surface area contributed by atoms with E-state index in [4.69, 9.17) is 11.6 Å². The molecule has 3 unspecified atom stereocenters. The molecule has 0 bridgehead atoms. The van der Waals surface area contributed by atoms with E-state index in [9.17, 15) is 14.7 Å². The topological polar surface area (TPSA) is 57.6 Å². The Morgan fingerprint density at radius 1 is 1.24 bits per heavy atom. The molecule has 3 rings (SSSR count). The Morgan fingerprint density at radius 3 is 2.71 bits per heavy atom. The number of hydrogen-bond donors (Lipinski definition) is 1. The van der Waals surface area contributed by atoms with Gasteiger partial charge in [-0.1, -0.05) is 30.5 Å². The maximum atomic E-state index is 12.8. The van der Waals surface area contributed by atoms with Crippen molar-refractivity contribution in [2.24, 2.45) is 5.92 Å². The molecule has 21 heavy (non-hydrogen) atoms. The standard InChI is InChI=1S/C16H18ClNO3/c17-12-6-3-5-11(8-12)15(19)18-13-7-2-1-4-10(13)9-14(18)16(20)21/h3,5-6,8,10,13-14H,1-2,4,7,9H2,(H,20,21). The summed E-state index contributed by atoms with van der Waals surface area (Å²) in [5.74, 6) is -0.790. The molecule has 1 N–H and O–H groups in total. The average Bonchev–Trinajstić information content (AvgIpc) is 2.86. The van der Waals surface area contributed by atoms with Crippen molar-refractivity contribution >= 4 is 23.5 Å². The molecule has 1 heterocycles. The molecular weight excluding hydrogens is 290 g/mol. The zero-order valence-corrected chi connectivity index (χ0v) is 12.4. The van der Waals surface area contributed by atoms with Crippen LogP contribution in [0, 0.1) is 5.92 Å². The molecule has 4 nitrogen and oxygen atoms in total. The number of carboxylic acids is 1. The lowest BCUT2D eigenvalue weighted by molar-refractivity contribution is -0.141.